The molecule has 0 saturated heterocycles. The number of hydrogen-bond acceptors (Lipinski definition) is 5. The topological polar surface area (TPSA) is 82.8 Å². The van der Waals surface area contributed by atoms with Gasteiger partial charge >= 0.3 is 0 Å². The first-order valence-corrected chi connectivity index (χ1v) is 4.76. The summed E-state index contributed by atoms with van der Waals surface area (Å²) in [5.74, 6) is 1.86. The summed E-state index contributed by atoms with van der Waals surface area (Å²) in [5.41, 5.74) is 6.92. The summed E-state index contributed by atoms with van der Waals surface area (Å²) in [6.45, 7) is 1.88. The number of imidazole rings is 1. The smallest absolute Gasteiger partial charge is 0.206 e. The highest BCUT2D eigenvalue weighted by atomic mass is 16.4. The highest BCUT2D eigenvalue weighted by molar-refractivity contribution is 5.82. The molecule has 3 aromatic rings. The number of hydrogen-bond donors (Lipinski definition) is 1. The molecule has 6 heteroatoms. The molecule has 16 heavy (non-hydrogen) atoms. The fraction of sp³-hybridized carbons (Fsp3) is 0.100. The van der Waals surface area contributed by atoms with Gasteiger partial charge in [-0.05, 0) is 13.0 Å². The Balaban J connectivity index is 2.29. The van der Waals surface area contributed by atoms with E-state index in [2.05, 4.69) is 15.0 Å². The number of nitrogen functional groups attached to an aromatic ring is 1. The van der Waals surface area contributed by atoms with Crippen LogP contribution in [0.15, 0.2) is 29.2 Å². The molecular weight excluding hydrogens is 206 g/mol. The van der Waals surface area contributed by atoms with Gasteiger partial charge in [0.2, 0.25) is 5.88 Å². The van der Waals surface area contributed by atoms with E-state index < -0.39 is 0 Å². The van der Waals surface area contributed by atoms with Crippen molar-refractivity contribution >= 4 is 17.0 Å². The zero-order valence-electron chi connectivity index (χ0n) is 8.58. The molecule has 0 aliphatic heterocycles. The van der Waals surface area contributed by atoms with Gasteiger partial charge in [0.1, 0.15) is 18.4 Å². The van der Waals surface area contributed by atoms with Crippen LogP contribution in [0.4, 0.5) is 5.82 Å². The average Bonchev–Trinajstić information content (AvgIpc) is 2.84. The number of aromatic nitrogens is 4. The zero-order valence-corrected chi connectivity index (χ0v) is 8.58. The second kappa shape index (κ2) is 3.06. The molecule has 0 bridgehead atoms. The molecule has 2 N–H and O–H groups in total. The van der Waals surface area contributed by atoms with E-state index in [1.165, 1.54) is 6.33 Å². The van der Waals surface area contributed by atoms with Gasteiger partial charge in [-0.25, -0.2) is 15.0 Å². The fourth-order valence-electron chi connectivity index (χ4n) is 1.57. The Labute approximate surface area is 90.7 Å². The Morgan fingerprint density at radius 3 is 2.88 bits per heavy atom. The maximum atomic E-state index is 5.70. The molecule has 0 fully saturated rings. The molecule has 0 saturated carbocycles. The summed E-state index contributed by atoms with van der Waals surface area (Å²) < 4.78 is 7.23. The van der Waals surface area contributed by atoms with Gasteiger partial charge in [-0.1, -0.05) is 0 Å². The summed E-state index contributed by atoms with van der Waals surface area (Å²) in [6.07, 6.45) is 3.03. The predicted octanol–water partition coefficient (Wildman–Crippen LogP) is 1.30. The first-order chi connectivity index (χ1) is 7.75. The van der Waals surface area contributed by atoms with Crippen LogP contribution in [0.1, 0.15) is 5.76 Å². The first-order valence-electron chi connectivity index (χ1n) is 4.76. The molecule has 0 aromatic carbocycles. The van der Waals surface area contributed by atoms with Crippen molar-refractivity contribution in [3.8, 4) is 5.88 Å². The Hall–Kier alpha value is -2.37. The zero-order chi connectivity index (χ0) is 11.1. The minimum atomic E-state index is 0.368. The summed E-state index contributed by atoms with van der Waals surface area (Å²) in [7, 11) is 0. The number of furan rings is 1. The summed E-state index contributed by atoms with van der Waals surface area (Å²) in [6, 6.07) is 3.74. The normalized spacial score (nSPS) is 11.1. The van der Waals surface area contributed by atoms with Gasteiger partial charge in [-0.15, -0.1) is 0 Å². The third kappa shape index (κ3) is 1.16. The van der Waals surface area contributed by atoms with Crippen LogP contribution in [0, 0.1) is 6.92 Å². The van der Waals surface area contributed by atoms with Crippen molar-refractivity contribution in [1.29, 1.82) is 0 Å². The number of nitrogens with zero attached hydrogens (tertiary/aromatic N) is 4. The summed E-state index contributed by atoms with van der Waals surface area (Å²) in [5, 5.41) is 0. The molecule has 80 valence electrons. The molecule has 0 amide bonds. The third-order valence-corrected chi connectivity index (χ3v) is 2.33. The molecule has 0 atom stereocenters. The lowest BCUT2D eigenvalue weighted by Gasteiger charge is -1.98. The molecule has 3 aromatic heterocycles. The predicted molar refractivity (Wildman–Crippen MR) is 58.1 cm³/mol. The van der Waals surface area contributed by atoms with Crippen molar-refractivity contribution in [3.63, 3.8) is 0 Å². The van der Waals surface area contributed by atoms with Crippen LogP contribution in [0.3, 0.4) is 0 Å². The van der Waals surface area contributed by atoms with Crippen LogP contribution >= 0.6 is 0 Å². The van der Waals surface area contributed by atoms with Crippen molar-refractivity contribution in [2.75, 3.05) is 5.73 Å². The standard InChI is InChI=1S/C10H9N5O/c1-6-2-3-7(16-6)15-5-14-8-9(11)12-4-13-10(8)15/h2-5H,1H3,(H2,11,12,13). The molecule has 0 aliphatic rings. The van der Waals surface area contributed by atoms with Crippen LogP contribution in [0.25, 0.3) is 17.0 Å². The number of rotatable bonds is 1. The lowest BCUT2D eigenvalue weighted by Crippen LogP contribution is -1.95. The van der Waals surface area contributed by atoms with E-state index in [9.17, 15) is 0 Å². The number of nitrogens with two attached hydrogens (primary N) is 1. The van der Waals surface area contributed by atoms with Crippen LogP contribution < -0.4 is 5.73 Å². The Morgan fingerprint density at radius 2 is 2.12 bits per heavy atom. The second-order valence-corrected chi connectivity index (χ2v) is 3.43. The van der Waals surface area contributed by atoms with E-state index in [0.29, 0.717) is 22.9 Å². The Morgan fingerprint density at radius 1 is 1.25 bits per heavy atom. The number of anilines is 1. The minimum absolute atomic E-state index is 0.368. The fourth-order valence-corrected chi connectivity index (χ4v) is 1.57. The van der Waals surface area contributed by atoms with Crippen molar-refractivity contribution in [2.45, 2.75) is 6.92 Å². The second-order valence-electron chi connectivity index (χ2n) is 3.43. The SMILES string of the molecule is Cc1ccc(-n2cnc3c(N)ncnc32)o1. The molecule has 0 unspecified atom stereocenters. The van der Waals surface area contributed by atoms with Crippen molar-refractivity contribution in [2.24, 2.45) is 0 Å². The monoisotopic (exact) mass is 215 g/mol. The highest BCUT2D eigenvalue weighted by Crippen LogP contribution is 2.20. The van der Waals surface area contributed by atoms with E-state index in [1.807, 2.05) is 19.1 Å². The molecule has 0 spiro atoms. The highest BCUT2D eigenvalue weighted by Gasteiger charge is 2.10. The molecular formula is C10H9N5O. The van der Waals surface area contributed by atoms with Crippen molar-refractivity contribution in [1.82, 2.24) is 19.5 Å². The largest absolute Gasteiger partial charge is 0.445 e. The molecule has 0 aliphatic carbocycles. The van der Waals surface area contributed by atoms with Crippen molar-refractivity contribution in [3.05, 3.63) is 30.5 Å². The van der Waals surface area contributed by atoms with Gasteiger partial charge in [-0.3, -0.25) is 4.57 Å². The maximum absolute atomic E-state index is 5.70. The van der Waals surface area contributed by atoms with Gasteiger partial charge in [0.15, 0.2) is 17.0 Å². The summed E-state index contributed by atoms with van der Waals surface area (Å²) >= 11 is 0. The lowest BCUT2D eigenvalue weighted by atomic mass is 10.5. The van der Waals surface area contributed by atoms with Crippen LogP contribution in [0.5, 0.6) is 0 Å². The van der Waals surface area contributed by atoms with Gasteiger partial charge in [-0.2, -0.15) is 0 Å². The van der Waals surface area contributed by atoms with Gasteiger partial charge in [0, 0.05) is 6.07 Å². The minimum Gasteiger partial charge on any atom is -0.445 e. The number of fused-ring (bicyclic) bond motifs is 1. The lowest BCUT2D eigenvalue weighted by molar-refractivity contribution is 0.512. The molecule has 0 radical (unpaired) electrons. The number of aryl methyl sites for hydroxylation is 1. The maximum Gasteiger partial charge on any atom is 0.206 e. The average molecular weight is 215 g/mol. The van der Waals surface area contributed by atoms with Gasteiger partial charge in [0.25, 0.3) is 0 Å². The van der Waals surface area contributed by atoms with Gasteiger partial charge in [0.05, 0.1) is 0 Å². The van der Waals surface area contributed by atoms with E-state index in [1.54, 1.807) is 10.9 Å². The van der Waals surface area contributed by atoms with E-state index >= 15 is 0 Å². The molecule has 3 heterocycles. The first kappa shape index (κ1) is 8.90. The molecule has 3 rings (SSSR count). The van der Waals surface area contributed by atoms with Crippen LogP contribution in [-0.4, -0.2) is 19.5 Å². The van der Waals surface area contributed by atoms with Crippen LogP contribution in [0.2, 0.25) is 0 Å². The quantitative estimate of drug-likeness (QED) is 0.661. The summed E-state index contributed by atoms with van der Waals surface area (Å²) in [4.78, 5) is 12.2. The van der Waals surface area contributed by atoms with E-state index in [0.717, 1.165) is 5.76 Å². The van der Waals surface area contributed by atoms with Gasteiger partial charge < -0.3 is 10.2 Å². The Bertz CT molecular complexity index is 654. The molecule has 6 nitrogen and oxygen atoms in total. The van der Waals surface area contributed by atoms with Crippen molar-refractivity contribution < 1.29 is 4.42 Å². The third-order valence-electron chi connectivity index (χ3n) is 2.33. The Kier molecular flexibility index (Phi) is 1.70. The van der Waals surface area contributed by atoms with E-state index in [-0.39, 0.29) is 0 Å². The van der Waals surface area contributed by atoms with E-state index in [4.69, 9.17) is 10.2 Å². The van der Waals surface area contributed by atoms with Crippen LogP contribution in [-0.2, 0) is 0 Å².